The van der Waals surface area contributed by atoms with Gasteiger partial charge in [-0.25, -0.2) is 0 Å². The molecule has 0 aromatic rings. The molecule has 0 heterocycles. The van der Waals surface area contributed by atoms with Crippen molar-refractivity contribution in [3.05, 3.63) is 0 Å². The van der Waals surface area contributed by atoms with Crippen molar-refractivity contribution in [2.75, 3.05) is 13.2 Å². The summed E-state index contributed by atoms with van der Waals surface area (Å²) in [6, 6.07) is 0. The minimum Gasteiger partial charge on any atom is -0.465 e. The lowest BCUT2D eigenvalue weighted by atomic mass is 9.64. The Balaban J connectivity index is 4.53. The monoisotopic (exact) mass is 340 g/mol. The predicted molar refractivity (Wildman–Crippen MR) is 79.6 cm³/mol. The van der Waals surface area contributed by atoms with Gasteiger partial charge in [0.1, 0.15) is 6.61 Å². The summed E-state index contributed by atoms with van der Waals surface area (Å²) in [5.41, 5.74) is -1.11. The number of alkyl halides is 3. The van der Waals surface area contributed by atoms with Crippen LogP contribution in [-0.2, 0) is 19.1 Å². The van der Waals surface area contributed by atoms with Crippen LogP contribution in [0.1, 0.15) is 54.4 Å². The van der Waals surface area contributed by atoms with Crippen molar-refractivity contribution in [3.63, 3.8) is 0 Å². The highest BCUT2D eigenvalue weighted by atomic mass is 19.4. The summed E-state index contributed by atoms with van der Waals surface area (Å²) in [7, 11) is 0. The third kappa shape index (κ3) is 7.70. The second-order valence-corrected chi connectivity index (χ2v) is 7.34. The van der Waals surface area contributed by atoms with Gasteiger partial charge in [0.05, 0.1) is 11.8 Å². The van der Waals surface area contributed by atoms with E-state index in [2.05, 4.69) is 4.74 Å². The Morgan fingerprint density at radius 3 is 1.91 bits per heavy atom. The van der Waals surface area contributed by atoms with Gasteiger partial charge in [0, 0.05) is 0 Å². The molecule has 0 saturated heterocycles. The molecule has 0 rings (SSSR count). The van der Waals surface area contributed by atoms with Crippen LogP contribution in [0.15, 0.2) is 0 Å². The van der Waals surface area contributed by atoms with Gasteiger partial charge in [0.25, 0.3) is 0 Å². The van der Waals surface area contributed by atoms with Gasteiger partial charge in [-0.15, -0.1) is 0 Å². The standard InChI is InChI=1S/C16H27F3O4/c1-11(2)9-15(6,14(3,4)5)13(21)22-8-7-12(20)23-10-16(17,18)19/h11H,7-10H2,1-6H3. The third-order valence-corrected chi connectivity index (χ3v) is 3.86. The first-order valence-corrected chi connectivity index (χ1v) is 7.58. The molecule has 0 fully saturated rings. The molecule has 0 aromatic heterocycles. The van der Waals surface area contributed by atoms with Crippen molar-refractivity contribution in [1.82, 2.24) is 0 Å². The van der Waals surface area contributed by atoms with E-state index < -0.39 is 36.6 Å². The molecule has 136 valence electrons. The molecule has 0 aliphatic heterocycles. The summed E-state index contributed by atoms with van der Waals surface area (Å²) in [6.45, 7) is 9.64. The van der Waals surface area contributed by atoms with Crippen molar-refractivity contribution in [1.29, 1.82) is 0 Å². The Morgan fingerprint density at radius 2 is 1.52 bits per heavy atom. The number of rotatable bonds is 7. The molecule has 0 aliphatic carbocycles. The molecule has 1 atom stereocenters. The van der Waals surface area contributed by atoms with Gasteiger partial charge in [-0.05, 0) is 24.7 Å². The number of hydrogen-bond donors (Lipinski definition) is 0. The topological polar surface area (TPSA) is 52.6 Å². The van der Waals surface area contributed by atoms with Crippen molar-refractivity contribution >= 4 is 11.9 Å². The Labute approximate surface area is 135 Å². The largest absolute Gasteiger partial charge is 0.465 e. The number of carbonyl (C=O) groups is 2. The zero-order valence-corrected chi connectivity index (χ0v) is 14.7. The molecular formula is C16H27F3O4. The van der Waals surface area contributed by atoms with E-state index in [4.69, 9.17) is 4.74 Å². The maximum absolute atomic E-state index is 12.4. The Bertz CT molecular complexity index is 411. The summed E-state index contributed by atoms with van der Waals surface area (Å²) in [6.07, 6.45) is -4.36. The highest BCUT2D eigenvalue weighted by Crippen LogP contribution is 2.44. The second-order valence-electron chi connectivity index (χ2n) is 7.34. The molecule has 0 saturated carbocycles. The average molecular weight is 340 g/mol. The molecule has 0 aliphatic rings. The van der Waals surface area contributed by atoms with Crippen molar-refractivity contribution < 1.29 is 32.2 Å². The zero-order chi connectivity index (χ0) is 18.5. The number of hydrogen-bond acceptors (Lipinski definition) is 4. The molecule has 0 radical (unpaired) electrons. The van der Waals surface area contributed by atoms with Crippen LogP contribution in [0, 0.1) is 16.7 Å². The highest BCUT2D eigenvalue weighted by Gasteiger charge is 2.45. The molecule has 0 bridgehead atoms. The molecule has 0 spiro atoms. The van der Waals surface area contributed by atoms with Gasteiger partial charge in [-0.1, -0.05) is 34.6 Å². The normalized spacial score (nSPS) is 15.2. The first-order chi connectivity index (χ1) is 10.2. The van der Waals surface area contributed by atoms with Gasteiger partial charge in [0.15, 0.2) is 6.61 Å². The Morgan fingerprint density at radius 1 is 1.00 bits per heavy atom. The van der Waals surface area contributed by atoms with Crippen LogP contribution < -0.4 is 0 Å². The fraction of sp³-hybridized carbons (Fsp3) is 0.875. The zero-order valence-electron chi connectivity index (χ0n) is 14.7. The van der Waals surface area contributed by atoms with Crippen LogP contribution in [-0.4, -0.2) is 31.3 Å². The summed E-state index contributed by atoms with van der Waals surface area (Å²) < 4.78 is 44.9. The third-order valence-electron chi connectivity index (χ3n) is 3.86. The van der Waals surface area contributed by atoms with Gasteiger partial charge in [-0.2, -0.15) is 13.2 Å². The lowest BCUT2D eigenvalue weighted by Crippen LogP contribution is -2.43. The molecule has 0 N–H and O–H groups in total. The number of halogens is 3. The van der Waals surface area contributed by atoms with Gasteiger partial charge in [-0.3, -0.25) is 9.59 Å². The molecule has 0 aromatic carbocycles. The molecule has 4 nitrogen and oxygen atoms in total. The van der Waals surface area contributed by atoms with E-state index in [1.807, 2.05) is 34.6 Å². The van der Waals surface area contributed by atoms with Crippen LogP contribution >= 0.6 is 0 Å². The van der Waals surface area contributed by atoms with Crippen LogP contribution in [0.4, 0.5) is 13.2 Å². The molecule has 7 heteroatoms. The minimum absolute atomic E-state index is 0.267. The lowest BCUT2D eigenvalue weighted by Gasteiger charge is -2.40. The minimum atomic E-state index is -4.56. The fourth-order valence-corrected chi connectivity index (χ4v) is 2.13. The van der Waals surface area contributed by atoms with E-state index >= 15 is 0 Å². The fourth-order valence-electron chi connectivity index (χ4n) is 2.13. The molecule has 1 unspecified atom stereocenters. The maximum Gasteiger partial charge on any atom is 0.422 e. The number of ether oxygens (including phenoxy) is 2. The van der Waals surface area contributed by atoms with E-state index in [-0.39, 0.29) is 17.9 Å². The van der Waals surface area contributed by atoms with Crippen LogP contribution in [0.3, 0.4) is 0 Å². The second kappa shape index (κ2) is 8.02. The Kier molecular flexibility index (Phi) is 7.57. The number of carbonyl (C=O) groups excluding carboxylic acids is 2. The van der Waals surface area contributed by atoms with Gasteiger partial charge < -0.3 is 9.47 Å². The molecule has 0 amide bonds. The van der Waals surface area contributed by atoms with Crippen LogP contribution in [0.25, 0.3) is 0 Å². The first-order valence-electron chi connectivity index (χ1n) is 7.58. The van der Waals surface area contributed by atoms with Crippen molar-refractivity contribution in [2.24, 2.45) is 16.7 Å². The molecular weight excluding hydrogens is 313 g/mol. The molecule has 23 heavy (non-hydrogen) atoms. The number of esters is 2. The smallest absolute Gasteiger partial charge is 0.422 e. The van der Waals surface area contributed by atoms with Crippen molar-refractivity contribution in [3.8, 4) is 0 Å². The van der Waals surface area contributed by atoms with Gasteiger partial charge in [0.2, 0.25) is 0 Å². The van der Waals surface area contributed by atoms with Crippen LogP contribution in [0.2, 0.25) is 0 Å². The van der Waals surface area contributed by atoms with Crippen LogP contribution in [0.5, 0.6) is 0 Å². The van der Waals surface area contributed by atoms with E-state index in [0.717, 1.165) is 0 Å². The van der Waals surface area contributed by atoms with Crippen molar-refractivity contribution in [2.45, 2.75) is 60.6 Å². The lowest BCUT2D eigenvalue weighted by molar-refractivity contribution is -0.187. The Hall–Kier alpha value is -1.27. The van der Waals surface area contributed by atoms with Gasteiger partial charge >= 0.3 is 18.1 Å². The van der Waals surface area contributed by atoms with E-state index in [1.54, 1.807) is 6.92 Å². The highest BCUT2D eigenvalue weighted by molar-refractivity contribution is 5.78. The summed E-state index contributed by atoms with van der Waals surface area (Å²) in [4.78, 5) is 23.6. The first kappa shape index (κ1) is 21.7. The summed E-state index contributed by atoms with van der Waals surface area (Å²) in [5, 5.41) is 0. The predicted octanol–water partition coefficient (Wildman–Crippen LogP) is 4.12. The van der Waals surface area contributed by atoms with E-state index in [9.17, 15) is 22.8 Å². The summed E-state index contributed by atoms with van der Waals surface area (Å²) in [5.74, 6) is -1.23. The quantitative estimate of drug-likeness (QED) is 0.654. The van der Waals surface area contributed by atoms with E-state index in [1.165, 1.54) is 0 Å². The average Bonchev–Trinajstić information content (AvgIpc) is 2.33. The summed E-state index contributed by atoms with van der Waals surface area (Å²) >= 11 is 0. The maximum atomic E-state index is 12.4. The van der Waals surface area contributed by atoms with E-state index in [0.29, 0.717) is 6.42 Å². The SMILES string of the molecule is CC(C)CC(C)(C(=O)OCCC(=O)OCC(F)(F)F)C(C)(C)C.